The van der Waals surface area contributed by atoms with Gasteiger partial charge in [0, 0.05) is 38.6 Å². The van der Waals surface area contributed by atoms with Gasteiger partial charge in [-0.1, -0.05) is 30.3 Å². The number of imidazole rings is 1. The Balaban J connectivity index is 1.45. The maximum Gasteiger partial charge on any atom is 0.111 e. The van der Waals surface area contributed by atoms with Crippen molar-refractivity contribution in [1.29, 1.82) is 0 Å². The van der Waals surface area contributed by atoms with Gasteiger partial charge in [0.1, 0.15) is 5.82 Å². The molecular formula is C23H28N4. The van der Waals surface area contributed by atoms with Crippen molar-refractivity contribution in [2.45, 2.75) is 45.3 Å². The lowest BCUT2D eigenvalue weighted by atomic mass is 10.0. The zero-order valence-electron chi connectivity index (χ0n) is 16.1. The van der Waals surface area contributed by atoms with Gasteiger partial charge in [0.15, 0.2) is 0 Å². The molecule has 2 aromatic carbocycles. The molecule has 0 bridgehead atoms. The van der Waals surface area contributed by atoms with Crippen LogP contribution in [0, 0.1) is 5.92 Å². The highest BCUT2D eigenvalue weighted by molar-refractivity contribution is 5.82. The van der Waals surface area contributed by atoms with E-state index in [-0.39, 0.29) is 0 Å². The van der Waals surface area contributed by atoms with E-state index in [2.05, 4.69) is 58.9 Å². The summed E-state index contributed by atoms with van der Waals surface area (Å²) >= 11 is 0. The maximum atomic E-state index is 5.73. The highest BCUT2D eigenvalue weighted by Crippen LogP contribution is 2.35. The second-order valence-electron chi connectivity index (χ2n) is 8.15. The predicted octanol–water partition coefficient (Wildman–Crippen LogP) is 3.82. The third kappa shape index (κ3) is 3.17. The summed E-state index contributed by atoms with van der Waals surface area (Å²) in [6.45, 7) is 6.30. The van der Waals surface area contributed by atoms with E-state index in [1.54, 1.807) is 0 Å². The van der Waals surface area contributed by atoms with Gasteiger partial charge in [0.25, 0.3) is 0 Å². The molecule has 1 aliphatic heterocycles. The Hall–Kier alpha value is -2.17. The van der Waals surface area contributed by atoms with Crippen LogP contribution >= 0.6 is 0 Å². The second-order valence-corrected chi connectivity index (χ2v) is 8.15. The summed E-state index contributed by atoms with van der Waals surface area (Å²) < 4.78 is 2.45. The maximum absolute atomic E-state index is 5.73. The molecule has 1 fully saturated rings. The molecule has 5 rings (SSSR count). The number of fused-ring (bicyclic) bond motifs is 3. The lowest BCUT2D eigenvalue weighted by molar-refractivity contribution is 0.194. The van der Waals surface area contributed by atoms with E-state index in [1.807, 2.05) is 0 Å². The van der Waals surface area contributed by atoms with Crippen LogP contribution in [0.1, 0.15) is 31.2 Å². The van der Waals surface area contributed by atoms with Gasteiger partial charge in [0.05, 0.1) is 11.0 Å². The Bertz CT molecular complexity index is 952. The number of nitrogens with zero attached hydrogens (tertiary/aromatic N) is 3. The Morgan fingerprint density at radius 2 is 1.81 bits per heavy atom. The number of rotatable bonds is 4. The average Bonchev–Trinajstić information content (AvgIpc) is 3.52. The van der Waals surface area contributed by atoms with Gasteiger partial charge in [-0.25, -0.2) is 4.98 Å². The van der Waals surface area contributed by atoms with Crippen molar-refractivity contribution in [2.75, 3.05) is 13.1 Å². The van der Waals surface area contributed by atoms with Crippen LogP contribution in [0.15, 0.2) is 42.5 Å². The van der Waals surface area contributed by atoms with Crippen LogP contribution in [-0.2, 0) is 19.5 Å². The Morgan fingerprint density at radius 3 is 2.56 bits per heavy atom. The van der Waals surface area contributed by atoms with Crippen molar-refractivity contribution in [3.63, 3.8) is 0 Å². The topological polar surface area (TPSA) is 47.1 Å². The fourth-order valence-corrected chi connectivity index (χ4v) is 4.49. The molecule has 0 radical (unpaired) electrons. The zero-order chi connectivity index (χ0) is 18.4. The molecule has 2 aliphatic rings. The van der Waals surface area contributed by atoms with E-state index in [0.717, 1.165) is 43.5 Å². The van der Waals surface area contributed by atoms with Gasteiger partial charge in [-0.05, 0) is 54.5 Å². The molecule has 0 amide bonds. The summed E-state index contributed by atoms with van der Waals surface area (Å²) in [6.07, 6.45) is 3.88. The number of hydrogen-bond acceptors (Lipinski definition) is 3. The minimum Gasteiger partial charge on any atom is -0.327 e. The standard InChI is InChI=1S/C23H28N4/c1-16(18-6-7-18)26-11-10-23-25-21-9-8-20(14-22(21)27(23)13-12-26)19-4-2-17(15-24)3-5-19/h2-5,8-9,14,16,18H,6-7,10-13,15,24H2,1H3. The summed E-state index contributed by atoms with van der Waals surface area (Å²) in [7, 11) is 0. The van der Waals surface area contributed by atoms with Crippen molar-refractivity contribution >= 4 is 11.0 Å². The minimum absolute atomic E-state index is 0.589. The normalized spacial score (nSPS) is 19.0. The number of benzene rings is 2. The van der Waals surface area contributed by atoms with E-state index in [0.29, 0.717) is 6.54 Å². The Labute approximate surface area is 161 Å². The van der Waals surface area contributed by atoms with Crippen LogP contribution in [0.25, 0.3) is 22.2 Å². The lowest BCUT2D eigenvalue weighted by Crippen LogP contribution is -2.36. The van der Waals surface area contributed by atoms with Crippen LogP contribution in [0.2, 0.25) is 0 Å². The van der Waals surface area contributed by atoms with Crippen molar-refractivity contribution in [1.82, 2.24) is 14.5 Å². The van der Waals surface area contributed by atoms with Crippen LogP contribution in [0.5, 0.6) is 0 Å². The summed E-state index contributed by atoms with van der Waals surface area (Å²) in [4.78, 5) is 7.62. The lowest BCUT2D eigenvalue weighted by Gasteiger charge is -2.27. The fourth-order valence-electron chi connectivity index (χ4n) is 4.49. The summed E-state index contributed by atoms with van der Waals surface area (Å²) in [5, 5.41) is 0. The molecule has 1 saturated carbocycles. The van der Waals surface area contributed by atoms with Crippen LogP contribution in [-0.4, -0.2) is 33.6 Å². The highest BCUT2D eigenvalue weighted by Gasteiger charge is 2.32. The molecule has 2 N–H and O–H groups in total. The van der Waals surface area contributed by atoms with Crippen molar-refractivity contribution < 1.29 is 0 Å². The van der Waals surface area contributed by atoms with E-state index in [1.165, 1.54) is 40.9 Å². The van der Waals surface area contributed by atoms with Gasteiger partial charge in [-0.3, -0.25) is 4.90 Å². The summed E-state index contributed by atoms with van der Waals surface area (Å²) in [5.41, 5.74) is 11.8. The molecule has 27 heavy (non-hydrogen) atoms. The SMILES string of the molecule is CC(C1CC1)N1CCc2nc3ccc(-c4ccc(CN)cc4)cc3n2CC1. The van der Waals surface area contributed by atoms with Crippen molar-refractivity contribution in [3.05, 3.63) is 53.9 Å². The van der Waals surface area contributed by atoms with Crippen LogP contribution in [0.3, 0.4) is 0 Å². The van der Waals surface area contributed by atoms with Crippen LogP contribution in [0.4, 0.5) is 0 Å². The molecule has 0 spiro atoms. The molecule has 4 nitrogen and oxygen atoms in total. The molecule has 4 heteroatoms. The molecule has 0 saturated heterocycles. The first-order chi connectivity index (χ1) is 13.2. The first-order valence-corrected chi connectivity index (χ1v) is 10.3. The summed E-state index contributed by atoms with van der Waals surface area (Å²) in [6, 6.07) is 16.0. The minimum atomic E-state index is 0.589. The summed E-state index contributed by atoms with van der Waals surface area (Å²) in [5.74, 6) is 2.17. The second kappa shape index (κ2) is 6.77. The van der Waals surface area contributed by atoms with E-state index < -0.39 is 0 Å². The van der Waals surface area contributed by atoms with Gasteiger partial charge >= 0.3 is 0 Å². The number of hydrogen-bond donors (Lipinski definition) is 1. The zero-order valence-corrected chi connectivity index (χ0v) is 16.1. The first kappa shape index (κ1) is 17.0. The monoisotopic (exact) mass is 360 g/mol. The predicted molar refractivity (Wildman–Crippen MR) is 111 cm³/mol. The third-order valence-electron chi connectivity index (χ3n) is 6.46. The smallest absolute Gasteiger partial charge is 0.111 e. The fraction of sp³-hybridized carbons (Fsp3) is 0.435. The van der Waals surface area contributed by atoms with Crippen molar-refractivity contribution in [2.24, 2.45) is 11.7 Å². The van der Waals surface area contributed by atoms with Gasteiger partial charge < -0.3 is 10.3 Å². The first-order valence-electron chi connectivity index (χ1n) is 10.3. The Kier molecular flexibility index (Phi) is 4.25. The quantitative estimate of drug-likeness (QED) is 0.769. The molecule has 1 unspecified atom stereocenters. The van der Waals surface area contributed by atoms with Crippen molar-refractivity contribution in [3.8, 4) is 11.1 Å². The van der Waals surface area contributed by atoms with Gasteiger partial charge in [-0.2, -0.15) is 0 Å². The van der Waals surface area contributed by atoms with Crippen LogP contribution < -0.4 is 5.73 Å². The number of aromatic nitrogens is 2. The molecule has 140 valence electrons. The molecule has 2 heterocycles. The van der Waals surface area contributed by atoms with E-state index in [4.69, 9.17) is 10.7 Å². The largest absolute Gasteiger partial charge is 0.327 e. The third-order valence-corrected chi connectivity index (χ3v) is 6.46. The number of nitrogens with two attached hydrogens (primary N) is 1. The Morgan fingerprint density at radius 1 is 1.04 bits per heavy atom. The molecular weight excluding hydrogens is 332 g/mol. The molecule has 1 aliphatic carbocycles. The van der Waals surface area contributed by atoms with Gasteiger partial charge in [0.2, 0.25) is 0 Å². The highest BCUT2D eigenvalue weighted by atomic mass is 15.2. The molecule has 1 atom stereocenters. The van der Waals surface area contributed by atoms with E-state index >= 15 is 0 Å². The molecule has 1 aromatic heterocycles. The average molecular weight is 361 g/mol. The molecule has 3 aromatic rings. The van der Waals surface area contributed by atoms with E-state index in [9.17, 15) is 0 Å². The van der Waals surface area contributed by atoms with Gasteiger partial charge in [-0.15, -0.1) is 0 Å².